The quantitative estimate of drug-likeness (QED) is 0.837. The minimum atomic E-state index is -0.134. The first kappa shape index (κ1) is 13.2. The molecule has 18 heavy (non-hydrogen) atoms. The molecule has 1 aromatic rings. The normalized spacial score (nSPS) is 19.6. The van der Waals surface area contributed by atoms with Gasteiger partial charge in [0.15, 0.2) is 10.8 Å². The van der Waals surface area contributed by atoms with Gasteiger partial charge in [0.25, 0.3) is 5.91 Å². The van der Waals surface area contributed by atoms with Crippen LogP contribution in [0.4, 0.5) is 0 Å². The highest BCUT2D eigenvalue weighted by Crippen LogP contribution is 2.15. The predicted molar refractivity (Wildman–Crippen MR) is 67.5 cm³/mol. The van der Waals surface area contributed by atoms with E-state index in [4.69, 9.17) is 16.3 Å². The molecule has 1 unspecified atom stereocenters. The van der Waals surface area contributed by atoms with Gasteiger partial charge in [0, 0.05) is 20.2 Å². The Kier molecular flexibility index (Phi) is 4.49. The maximum atomic E-state index is 12.1. The van der Waals surface area contributed by atoms with Crippen molar-refractivity contribution in [2.75, 3.05) is 26.8 Å². The molecule has 2 heterocycles. The average Bonchev–Trinajstić information content (AvgIpc) is 2.40. The number of carbonyl (C=O) groups is 1. The van der Waals surface area contributed by atoms with Gasteiger partial charge in [-0.15, -0.1) is 10.2 Å². The van der Waals surface area contributed by atoms with E-state index >= 15 is 0 Å². The van der Waals surface area contributed by atoms with Gasteiger partial charge in [-0.25, -0.2) is 0 Å². The van der Waals surface area contributed by atoms with E-state index in [-0.39, 0.29) is 11.1 Å². The molecular formula is C12H16ClN3O2. The molecule has 5 nitrogen and oxygen atoms in total. The first-order valence-electron chi connectivity index (χ1n) is 5.99. The van der Waals surface area contributed by atoms with Gasteiger partial charge in [-0.05, 0) is 30.9 Å². The second-order valence-electron chi connectivity index (χ2n) is 4.51. The van der Waals surface area contributed by atoms with E-state index in [1.54, 1.807) is 24.1 Å². The predicted octanol–water partition coefficient (Wildman–Crippen LogP) is 1.63. The van der Waals surface area contributed by atoms with Crippen molar-refractivity contribution in [1.29, 1.82) is 0 Å². The fourth-order valence-electron chi connectivity index (χ4n) is 2.05. The highest BCUT2D eigenvalue weighted by molar-refractivity contribution is 6.29. The second-order valence-corrected chi connectivity index (χ2v) is 4.90. The van der Waals surface area contributed by atoms with E-state index in [9.17, 15) is 4.79 Å². The van der Waals surface area contributed by atoms with Crippen LogP contribution >= 0.6 is 11.6 Å². The summed E-state index contributed by atoms with van der Waals surface area (Å²) in [6, 6.07) is 3.16. The van der Waals surface area contributed by atoms with Crippen LogP contribution in [0.25, 0.3) is 0 Å². The molecule has 0 N–H and O–H groups in total. The molecular weight excluding hydrogens is 254 g/mol. The Labute approximate surface area is 111 Å². The minimum Gasteiger partial charge on any atom is -0.381 e. The van der Waals surface area contributed by atoms with Crippen LogP contribution in [0.2, 0.25) is 5.15 Å². The third kappa shape index (κ3) is 3.40. The van der Waals surface area contributed by atoms with Gasteiger partial charge in [-0.3, -0.25) is 4.79 Å². The lowest BCUT2D eigenvalue weighted by atomic mass is 10.0. The number of nitrogens with zero attached hydrogens (tertiary/aromatic N) is 3. The zero-order valence-corrected chi connectivity index (χ0v) is 11.1. The molecule has 1 amide bonds. The SMILES string of the molecule is CN(CC1CCCOC1)C(=O)c1ccc(Cl)nn1. The summed E-state index contributed by atoms with van der Waals surface area (Å²) in [6.07, 6.45) is 2.16. The number of ether oxygens (including phenoxy) is 1. The second kappa shape index (κ2) is 6.11. The number of carbonyl (C=O) groups excluding carboxylic acids is 1. The summed E-state index contributed by atoms with van der Waals surface area (Å²) in [4.78, 5) is 13.7. The Morgan fingerprint density at radius 1 is 1.56 bits per heavy atom. The van der Waals surface area contributed by atoms with E-state index in [0.29, 0.717) is 18.2 Å². The van der Waals surface area contributed by atoms with Crippen LogP contribution in [0.3, 0.4) is 0 Å². The number of amides is 1. The molecule has 1 aromatic heterocycles. The number of aromatic nitrogens is 2. The third-order valence-corrected chi connectivity index (χ3v) is 3.19. The van der Waals surface area contributed by atoms with Crippen LogP contribution in [0.5, 0.6) is 0 Å². The Bertz CT molecular complexity index is 404. The van der Waals surface area contributed by atoms with Crippen molar-refractivity contribution in [2.45, 2.75) is 12.8 Å². The maximum absolute atomic E-state index is 12.1. The Hall–Kier alpha value is -1.20. The van der Waals surface area contributed by atoms with Gasteiger partial charge in [0.05, 0.1) is 6.61 Å². The van der Waals surface area contributed by atoms with Crippen molar-refractivity contribution in [2.24, 2.45) is 5.92 Å². The van der Waals surface area contributed by atoms with E-state index in [1.807, 2.05) is 0 Å². The van der Waals surface area contributed by atoms with Crippen LogP contribution in [0.1, 0.15) is 23.3 Å². The molecule has 0 aromatic carbocycles. The lowest BCUT2D eigenvalue weighted by Gasteiger charge is -2.26. The van der Waals surface area contributed by atoms with Crippen molar-refractivity contribution >= 4 is 17.5 Å². The molecule has 0 bridgehead atoms. The summed E-state index contributed by atoms with van der Waals surface area (Å²) in [5.41, 5.74) is 0.318. The summed E-state index contributed by atoms with van der Waals surface area (Å²) < 4.78 is 5.40. The molecule has 0 spiro atoms. The van der Waals surface area contributed by atoms with Gasteiger partial charge in [0.2, 0.25) is 0 Å². The van der Waals surface area contributed by atoms with Crippen LogP contribution in [-0.2, 0) is 4.74 Å². The summed E-state index contributed by atoms with van der Waals surface area (Å²) in [5.74, 6) is 0.276. The van der Waals surface area contributed by atoms with Gasteiger partial charge >= 0.3 is 0 Å². The minimum absolute atomic E-state index is 0.134. The molecule has 6 heteroatoms. The summed E-state index contributed by atoms with van der Waals surface area (Å²) >= 11 is 5.64. The molecule has 0 saturated carbocycles. The van der Waals surface area contributed by atoms with E-state index < -0.39 is 0 Å². The Balaban J connectivity index is 1.93. The summed E-state index contributed by atoms with van der Waals surface area (Å²) in [5, 5.41) is 7.75. The van der Waals surface area contributed by atoms with Crippen molar-refractivity contribution in [3.8, 4) is 0 Å². The fourth-order valence-corrected chi connectivity index (χ4v) is 2.15. The molecule has 1 fully saturated rings. The summed E-state index contributed by atoms with van der Waals surface area (Å²) in [7, 11) is 1.77. The monoisotopic (exact) mass is 269 g/mol. The van der Waals surface area contributed by atoms with Gasteiger partial charge in [-0.1, -0.05) is 11.6 Å². The van der Waals surface area contributed by atoms with Crippen molar-refractivity contribution < 1.29 is 9.53 Å². The zero-order chi connectivity index (χ0) is 13.0. The zero-order valence-electron chi connectivity index (χ0n) is 10.3. The molecule has 0 aliphatic carbocycles. The van der Waals surface area contributed by atoms with Crippen molar-refractivity contribution in [1.82, 2.24) is 15.1 Å². The van der Waals surface area contributed by atoms with Crippen LogP contribution < -0.4 is 0 Å². The molecule has 2 rings (SSSR count). The molecule has 0 radical (unpaired) electrons. The maximum Gasteiger partial charge on any atom is 0.274 e. The van der Waals surface area contributed by atoms with Crippen LogP contribution in [0.15, 0.2) is 12.1 Å². The Morgan fingerprint density at radius 2 is 2.39 bits per heavy atom. The van der Waals surface area contributed by atoms with E-state index in [2.05, 4.69) is 10.2 Å². The topological polar surface area (TPSA) is 55.3 Å². The van der Waals surface area contributed by atoms with Gasteiger partial charge < -0.3 is 9.64 Å². The molecule has 1 atom stereocenters. The van der Waals surface area contributed by atoms with Crippen LogP contribution in [-0.4, -0.2) is 47.8 Å². The molecule has 1 aliphatic heterocycles. The standard InChI is InChI=1S/C12H16ClN3O2/c1-16(7-9-3-2-6-18-8-9)12(17)10-4-5-11(13)15-14-10/h4-5,9H,2-3,6-8H2,1H3. The molecule has 98 valence electrons. The highest BCUT2D eigenvalue weighted by Gasteiger charge is 2.20. The fraction of sp³-hybridized carbons (Fsp3) is 0.583. The highest BCUT2D eigenvalue weighted by atomic mass is 35.5. The van der Waals surface area contributed by atoms with Crippen molar-refractivity contribution in [3.63, 3.8) is 0 Å². The van der Waals surface area contributed by atoms with E-state index in [1.165, 1.54) is 0 Å². The number of rotatable bonds is 3. The largest absolute Gasteiger partial charge is 0.381 e. The smallest absolute Gasteiger partial charge is 0.274 e. The number of hydrogen-bond acceptors (Lipinski definition) is 4. The third-order valence-electron chi connectivity index (χ3n) is 2.98. The van der Waals surface area contributed by atoms with E-state index in [0.717, 1.165) is 26.1 Å². The molecule has 1 saturated heterocycles. The Morgan fingerprint density at radius 3 is 3.00 bits per heavy atom. The lowest BCUT2D eigenvalue weighted by molar-refractivity contribution is 0.0386. The average molecular weight is 270 g/mol. The van der Waals surface area contributed by atoms with Gasteiger partial charge in [-0.2, -0.15) is 0 Å². The number of hydrogen-bond donors (Lipinski definition) is 0. The molecule has 1 aliphatic rings. The summed E-state index contributed by atoms with van der Waals surface area (Å²) in [6.45, 7) is 2.24. The van der Waals surface area contributed by atoms with Gasteiger partial charge in [0.1, 0.15) is 0 Å². The van der Waals surface area contributed by atoms with Crippen molar-refractivity contribution in [3.05, 3.63) is 23.0 Å². The van der Waals surface area contributed by atoms with Crippen LogP contribution in [0, 0.1) is 5.92 Å². The first-order chi connectivity index (χ1) is 8.66. The first-order valence-corrected chi connectivity index (χ1v) is 6.37. The number of halogens is 1. The lowest BCUT2D eigenvalue weighted by Crippen LogP contribution is -2.35.